The molecular formula is C11H16N4O2S. The van der Waals surface area contributed by atoms with E-state index < -0.39 is 0 Å². The van der Waals surface area contributed by atoms with Crippen LogP contribution >= 0.6 is 11.3 Å². The van der Waals surface area contributed by atoms with Gasteiger partial charge in [0.1, 0.15) is 0 Å². The number of rotatable bonds is 8. The van der Waals surface area contributed by atoms with E-state index in [2.05, 4.69) is 26.9 Å². The van der Waals surface area contributed by atoms with Gasteiger partial charge in [0, 0.05) is 18.5 Å². The smallest absolute Gasteiger partial charge is 0.315 e. The highest BCUT2D eigenvalue weighted by molar-refractivity contribution is 7.09. The van der Waals surface area contributed by atoms with E-state index in [1.165, 1.54) is 4.88 Å². The summed E-state index contributed by atoms with van der Waals surface area (Å²) < 4.78 is 10.4. The molecule has 0 aliphatic carbocycles. The van der Waals surface area contributed by atoms with Crippen molar-refractivity contribution >= 4 is 17.4 Å². The number of thiophene rings is 1. The molecule has 0 saturated heterocycles. The molecule has 7 heteroatoms. The van der Waals surface area contributed by atoms with Gasteiger partial charge in [-0.1, -0.05) is 11.2 Å². The van der Waals surface area contributed by atoms with Crippen molar-refractivity contribution in [2.45, 2.75) is 13.1 Å². The molecule has 2 aromatic heterocycles. The molecule has 18 heavy (non-hydrogen) atoms. The molecule has 2 heterocycles. The van der Waals surface area contributed by atoms with E-state index in [4.69, 9.17) is 9.15 Å². The molecule has 0 radical (unpaired) electrons. The van der Waals surface area contributed by atoms with E-state index in [-0.39, 0.29) is 0 Å². The first-order chi connectivity index (χ1) is 8.88. The van der Waals surface area contributed by atoms with E-state index in [0.717, 1.165) is 6.54 Å². The van der Waals surface area contributed by atoms with Crippen LogP contribution < -0.4 is 10.6 Å². The molecule has 0 fully saturated rings. The number of aromatic nitrogens is 2. The predicted molar refractivity (Wildman–Crippen MR) is 69.5 cm³/mol. The first kappa shape index (κ1) is 13.0. The Labute approximate surface area is 109 Å². The summed E-state index contributed by atoms with van der Waals surface area (Å²) in [5, 5.41) is 16.1. The molecule has 6 nitrogen and oxygen atoms in total. The summed E-state index contributed by atoms with van der Waals surface area (Å²) in [4.78, 5) is 1.23. The second-order valence-electron chi connectivity index (χ2n) is 3.60. The Bertz CT molecular complexity index is 444. The SMILES string of the molecule is COCCNCc1nnc(NCc2cccs2)o1. The molecular weight excluding hydrogens is 252 g/mol. The molecule has 98 valence electrons. The zero-order valence-corrected chi connectivity index (χ0v) is 11.0. The Morgan fingerprint density at radius 1 is 1.39 bits per heavy atom. The minimum atomic E-state index is 0.451. The molecule has 0 bridgehead atoms. The van der Waals surface area contributed by atoms with E-state index in [1.54, 1.807) is 18.4 Å². The summed E-state index contributed by atoms with van der Waals surface area (Å²) in [5.74, 6) is 0.569. The predicted octanol–water partition coefficient (Wildman–Crippen LogP) is 1.48. The van der Waals surface area contributed by atoms with Crippen molar-refractivity contribution in [2.24, 2.45) is 0 Å². The Kier molecular flexibility index (Phi) is 5.13. The monoisotopic (exact) mass is 268 g/mol. The van der Waals surface area contributed by atoms with Gasteiger partial charge in [-0.25, -0.2) is 0 Å². The fraction of sp³-hybridized carbons (Fsp3) is 0.455. The number of anilines is 1. The average molecular weight is 268 g/mol. The molecule has 2 N–H and O–H groups in total. The van der Waals surface area contributed by atoms with Gasteiger partial charge in [-0.15, -0.1) is 16.4 Å². The van der Waals surface area contributed by atoms with Crippen LogP contribution in [0.5, 0.6) is 0 Å². The molecule has 2 rings (SSSR count). The molecule has 2 aromatic rings. The van der Waals surface area contributed by atoms with Crippen molar-refractivity contribution in [1.29, 1.82) is 0 Å². The fourth-order valence-electron chi connectivity index (χ4n) is 1.34. The Morgan fingerprint density at radius 2 is 2.33 bits per heavy atom. The average Bonchev–Trinajstić information content (AvgIpc) is 3.03. The van der Waals surface area contributed by atoms with Gasteiger partial charge in [-0.3, -0.25) is 0 Å². The summed E-state index contributed by atoms with van der Waals surface area (Å²) >= 11 is 1.69. The number of methoxy groups -OCH3 is 1. The van der Waals surface area contributed by atoms with Crippen LogP contribution in [0.4, 0.5) is 6.01 Å². The third kappa shape index (κ3) is 4.10. The largest absolute Gasteiger partial charge is 0.407 e. The molecule has 0 aliphatic rings. The standard InChI is InChI=1S/C11H16N4O2S/c1-16-5-4-12-8-10-14-15-11(17-10)13-7-9-3-2-6-18-9/h2-3,6,12H,4-5,7-8H2,1H3,(H,13,15). The molecule has 0 unspecified atom stereocenters. The second kappa shape index (κ2) is 7.10. The van der Waals surface area contributed by atoms with Crippen molar-refractivity contribution < 1.29 is 9.15 Å². The highest BCUT2D eigenvalue weighted by Crippen LogP contribution is 2.11. The highest BCUT2D eigenvalue weighted by atomic mass is 32.1. The molecule has 0 amide bonds. The van der Waals surface area contributed by atoms with Crippen LogP contribution in [0.25, 0.3) is 0 Å². The van der Waals surface area contributed by atoms with Gasteiger partial charge in [-0.2, -0.15) is 0 Å². The first-order valence-corrected chi connectivity index (χ1v) is 6.54. The highest BCUT2D eigenvalue weighted by Gasteiger charge is 2.05. The van der Waals surface area contributed by atoms with Crippen LogP contribution in [0.1, 0.15) is 10.8 Å². The van der Waals surface area contributed by atoms with Crippen molar-refractivity contribution in [3.05, 3.63) is 28.3 Å². The zero-order chi connectivity index (χ0) is 12.6. The number of nitrogens with zero attached hydrogens (tertiary/aromatic N) is 2. The maximum absolute atomic E-state index is 5.43. The second-order valence-corrected chi connectivity index (χ2v) is 4.64. The van der Waals surface area contributed by atoms with Gasteiger partial charge >= 0.3 is 6.01 Å². The van der Waals surface area contributed by atoms with Crippen LogP contribution in [0.15, 0.2) is 21.9 Å². The molecule has 0 saturated carbocycles. The van der Waals surface area contributed by atoms with E-state index in [9.17, 15) is 0 Å². The van der Waals surface area contributed by atoms with E-state index >= 15 is 0 Å². The van der Waals surface area contributed by atoms with Gasteiger partial charge in [-0.05, 0) is 11.4 Å². The summed E-state index contributed by atoms with van der Waals surface area (Å²) in [6, 6.07) is 4.52. The lowest BCUT2D eigenvalue weighted by molar-refractivity contribution is 0.198. The zero-order valence-electron chi connectivity index (χ0n) is 10.2. The number of nitrogens with one attached hydrogen (secondary N) is 2. The number of hydrogen-bond donors (Lipinski definition) is 2. The Morgan fingerprint density at radius 3 is 3.11 bits per heavy atom. The van der Waals surface area contributed by atoms with Crippen LogP contribution in [-0.2, 0) is 17.8 Å². The van der Waals surface area contributed by atoms with Gasteiger partial charge < -0.3 is 19.8 Å². The molecule has 0 aliphatic heterocycles. The van der Waals surface area contributed by atoms with Crippen LogP contribution in [0.2, 0.25) is 0 Å². The number of ether oxygens (including phenoxy) is 1. The maximum atomic E-state index is 5.43. The molecule has 0 aromatic carbocycles. The van der Waals surface area contributed by atoms with Crippen LogP contribution in [0, 0.1) is 0 Å². The third-order valence-corrected chi connectivity index (χ3v) is 3.10. The van der Waals surface area contributed by atoms with Crippen molar-refractivity contribution in [1.82, 2.24) is 15.5 Å². The van der Waals surface area contributed by atoms with E-state index in [0.29, 0.717) is 31.6 Å². The summed E-state index contributed by atoms with van der Waals surface area (Å²) in [7, 11) is 1.67. The molecule has 0 atom stereocenters. The lowest BCUT2D eigenvalue weighted by atomic mass is 10.5. The Balaban J connectivity index is 1.72. The summed E-state index contributed by atoms with van der Waals surface area (Å²) in [6.07, 6.45) is 0. The minimum absolute atomic E-state index is 0.451. The van der Waals surface area contributed by atoms with Gasteiger partial charge in [0.15, 0.2) is 0 Å². The lowest BCUT2D eigenvalue weighted by Gasteiger charge is -1.99. The normalized spacial score (nSPS) is 10.7. The fourth-order valence-corrected chi connectivity index (χ4v) is 1.99. The quantitative estimate of drug-likeness (QED) is 0.707. The molecule has 0 spiro atoms. The first-order valence-electron chi connectivity index (χ1n) is 5.67. The Hall–Kier alpha value is -1.44. The van der Waals surface area contributed by atoms with Gasteiger partial charge in [0.25, 0.3) is 0 Å². The number of hydrogen-bond acceptors (Lipinski definition) is 7. The summed E-state index contributed by atoms with van der Waals surface area (Å²) in [6.45, 7) is 2.68. The third-order valence-electron chi connectivity index (χ3n) is 2.22. The van der Waals surface area contributed by atoms with Crippen molar-refractivity contribution in [3.8, 4) is 0 Å². The van der Waals surface area contributed by atoms with Crippen LogP contribution in [-0.4, -0.2) is 30.5 Å². The topological polar surface area (TPSA) is 72.2 Å². The van der Waals surface area contributed by atoms with Crippen molar-refractivity contribution in [3.63, 3.8) is 0 Å². The van der Waals surface area contributed by atoms with E-state index in [1.807, 2.05) is 11.4 Å². The lowest BCUT2D eigenvalue weighted by Crippen LogP contribution is -2.18. The minimum Gasteiger partial charge on any atom is -0.407 e. The van der Waals surface area contributed by atoms with Crippen molar-refractivity contribution in [2.75, 3.05) is 25.6 Å². The van der Waals surface area contributed by atoms with Crippen LogP contribution in [0.3, 0.4) is 0 Å². The van der Waals surface area contributed by atoms with Gasteiger partial charge in [0.05, 0.1) is 19.7 Å². The summed E-state index contributed by atoms with van der Waals surface area (Å²) in [5.41, 5.74) is 0. The maximum Gasteiger partial charge on any atom is 0.315 e. The van der Waals surface area contributed by atoms with Gasteiger partial charge in [0.2, 0.25) is 5.89 Å².